The van der Waals surface area contributed by atoms with E-state index in [0.29, 0.717) is 37.5 Å². The van der Waals surface area contributed by atoms with Crippen LogP contribution < -0.4 is 4.74 Å². The number of nitrogens with zero attached hydrogens (tertiary/aromatic N) is 3. The normalized spacial score (nSPS) is 22.0. The smallest absolute Gasteiger partial charge is 0.259 e. The number of rotatable bonds is 4. The number of carbonyl (C=O) groups is 2. The van der Waals surface area contributed by atoms with E-state index in [1.165, 1.54) is 6.20 Å². The molecule has 2 aliphatic heterocycles. The van der Waals surface area contributed by atoms with Gasteiger partial charge >= 0.3 is 0 Å². The van der Waals surface area contributed by atoms with Crippen molar-refractivity contribution in [1.29, 1.82) is 0 Å². The zero-order chi connectivity index (χ0) is 18.3. The Bertz CT molecular complexity index is 830. The number of methoxy groups -OCH3 is 1. The lowest BCUT2D eigenvalue weighted by Crippen LogP contribution is -2.35. The summed E-state index contributed by atoms with van der Waals surface area (Å²) in [4.78, 5) is 29.0. The van der Waals surface area contributed by atoms with Crippen molar-refractivity contribution >= 4 is 11.8 Å². The number of hydrogen-bond donors (Lipinski definition) is 0. The largest absolute Gasteiger partial charge is 0.497 e. The molecule has 0 bridgehead atoms. The molecule has 2 amide bonds. The Labute approximate surface area is 151 Å². The third kappa shape index (κ3) is 2.83. The molecule has 2 saturated heterocycles. The highest BCUT2D eigenvalue weighted by Gasteiger charge is 2.47. The molecule has 0 saturated carbocycles. The van der Waals surface area contributed by atoms with Crippen molar-refractivity contribution in [2.75, 3.05) is 26.7 Å². The van der Waals surface area contributed by atoms with Crippen LogP contribution in [0, 0.1) is 18.8 Å². The van der Waals surface area contributed by atoms with Gasteiger partial charge in [0.25, 0.3) is 5.91 Å². The van der Waals surface area contributed by atoms with Crippen molar-refractivity contribution in [3.05, 3.63) is 47.3 Å². The maximum absolute atomic E-state index is 12.8. The zero-order valence-corrected chi connectivity index (χ0v) is 14.8. The number of benzene rings is 1. The summed E-state index contributed by atoms with van der Waals surface area (Å²) in [5, 5.41) is 3.67. The van der Waals surface area contributed by atoms with Crippen LogP contribution in [0.5, 0.6) is 5.75 Å². The summed E-state index contributed by atoms with van der Waals surface area (Å²) in [7, 11) is 1.63. The summed E-state index contributed by atoms with van der Waals surface area (Å²) < 4.78 is 10.1. The average Bonchev–Trinajstić information content (AvgIpc) is 3.33. The van der Waals surface area contributed by atoms with E-state index in [2.05, 4.69) is 5.16 Å². The number of fused-ring (bicyclic) bond motifs is 1. The minimum atomic E-state index is -0.114. The molecule has 0 spiro atoms. The Morgan fingerprint density at radius 3 is 2.65 bits per heavy atom. The summed E-state index contributed by atoms with van der Waals surface area (Å²) >= 11 is 0. The highest BCUT2D eigenvalue weighted by atomic mass is 16.5. The number of carbonyl (C=O) groups excluding carboxylic acids is 2. The Hall–Kier alpha value is -2.83. The molecule has 2 fully saturated rings. The topological polar surface area (TPSA) is 75.9 Å². The molecule has 0 N–H and O–H groups in total. The molecule has 0 aliphatic carbocycles. The average molecular weight is 355 g/mol. The molecular weight excluding hydrogens is 334 g/mol. The molecule has 2 aromatic rings. The Kier molecular flexibility index (Phi) is 4.14. The second-order valence-electron chi connectivity index (χ2n) is 6.94. The van der Waals surface area contributed by atoms with Gasteiger partial charge < -0.3 is 19.1 Å². The molecule has 0 unspecified atom stereocenters. The third-order valence-corrected chi connectivity index (χ3v) is 5.33. The van der Waals surface area contributed by atoms with Gasteiger partial charge in [-0.15, -0.1) is 0 Å². The van der Waals surface area contributed by atoms with E-state index in [0.717, 1.165) is 11.3 Å². The quantitative estimate of drug-likeness (QED) is 0.835. The lowest BCUT2D eigenvalue weighted by molar-refractivity contribution is -0.131. The minimum absolute atomic E-state index is 0.104. The maximum atomic E-state index is 12.8. The van der Waals surface area contributed by atoms with Crippen molar-refractivity contribution in [2.24, 2.45) is 11.8 Å². The fourth-order valence-corrected chi connectivity index (χ4v) is 3.88. The van der Waals surface area contributed by atoms with E-state index in [-0.39, 0.29) is 23.7 Å². The summed E-state index contributed by atoms with van der Waals surface area (Å²) in [6.07, 6.45) is 1.45. The number of likely N-dealkylation sites (tertiary alicyclic amines) is 2. The van der Waals surface area contributed by atoms with Gasteiger partial charge in [0.15, 0.2) is 0 Å². The highest BCUT2D eigenvalue weighted by molar-refractivity contribution is 5.95. The molecule has 0 radical (unpaired) electrons. The van der Waals surface area contributed by atoms with E-state index < -0.39 is 0 Å². The number of aromatic nitrogens is 1. The van der Waals surface area contributed by atoms with Gasteiger partial charge in [-0.1, -0.05) is 17.3 Å². The lowest BCUT2D eigenvalue weighted by atomic mass is 10.0. The van der Waals surface area contributed by atoms with E-state index in [1.807, 2.05) is 29.2 Å². The summed E-state index contributed by atoms with van der Waals surface area (Å²) in [5.41, 5.74) is 1.56. The van der Waals surface area contributed by atoms with Gasteiger partial charge in [-0.25, -0.2) is 0 Å². The van der Waals surface area contributed by atoms with Crippen LogP contribution >= 0.6 is 0 Å². The van der Waals surface area contributed by atoms with Gasteiger partial charge in [-0.05, 0) is 24.6 Å². The molecule has 3 heterocycles. The standard InChI is InChI=1S/C19H21N3O4/c1-12-16(7-20-26-12)18(23)22-10-14-9-21(19(24)17(14)11-22)8-13-3-5-15(25-2)6-4-13/h3-7,14,17H,8-11H2,1-2H3/t14-,17+/m0/s1. The van der Waals surface area contributed by atoms with Crippen molar-refractivity contribution in [3.63, 3.8) is 0 Å². The summed E-state index contributed by atoms with van der Waals surface area (Å²) in [6.45, 7) is 4.06. The van der Waals surface area contributed by atoms with Gasteiger partial charge in [0.1, 0.15) is 17.1 Å². The first-order valence-electron chi connectivity index (χ1n) is 8.69. The molecule has 1 aromatic carbocycles. The van der Waals surface area contributed by atoms with E-state index in [9.17, 15) is 9.59 Å². The van der Waals surface area contributed by atoms with Gasteiger partial charge in [-0.2, -0.15) is 0 Å². The van der Waals surface area contributed by atoms with E-state index in [1.54, 1.807) is 18.9 Å². The number of ether oxygens (including phenoxy) is 1. The van der Waals surface area contributed by atoms with Crippen molar-refractivity contribution < 1.29 is 18.8 Å². The van der Waals surface area contributed by atoms with Gasteiger partial charge in [-0.3, -0.25) is 9.59 Å². The van der Waals surface area contributed by atoms with Crippen LogP contribution in [0.1, 0.15) is 21.7 Å². The van der Waals surface area contributed by atoms with Crippen LogP contribution in [0.3, 0.4) is 0 Å². The second kappa shape index (κ2) is 6.48. The monoisotopic (exact) mass is 355 g/mol. The third-order valence-electron chi connectivity index (χ3n) is 5.33. The lowest BCUT2D eigenvalue weighted by Gasteiger charge is -2.22. The van der Waals surface area contributed by atoms with Crippen LogP contribution in [0.4, 0.5) is 0 Å². The first kappa shape index (κ1) is 16.6. The predicted octanol–water partition coefficient (Wildman–Crippen LogP) is 1.72. The van der Waals surface area contributed by atoms with Crippen LogP contribution in [0.2, 0.25) is 0 Å². The predicted molar refractivity (Wildman–Crippen MR) is 92.5 cm³/mol. The summed E-state index contributed by atoms with van der Waals surface area (Å²) in [6, 6.07) is 7.76. The minimum Gasteiger partial charge on any atom is -0.497 e. The Morgan fingerprint density at radius 1 is 1.27 bits per heavy atom. The van der Waals surface area contributed by atoms with Crippen LogP contribution in [-0.2, 0) is 11.3 Å². The Morgan fingerprint density at radius 2 is 2.04 bits per heavy atom. The summed E-state index contributed by atoms with van der Waals surface area (Å²) in [5.74, 6) is 1.41. The van der Waals surface area contributed by atoms with E-state index >= 15 is 0 Å². The van der Waals surface area contributed by atoms with Gasteiger partial charge in [0, 0.05) is 32.1 Å². The first-order chi connectivity index (χ1) is 12.6. The van der Waals surface area contributed by atoms with Crippen molar-refractivity contribution in [3.8, 4) is 5.75 Å². The van der Waals surface area contributed by atoms with Crippen LogP contribution in [0.15, 0.2) is 35.0 Å². The molecule has 2 aliphatic rings. The molecule has 7 heteroatoms. The number of aryl methyl sites for hydroxylation is 1. The zero-order valence-electron chi connectivity index (χ0n) is 14.8. The molecule has 7 nitrogen and oxygen atoms in total. The molecule has 4 rings (SSSR count). The molecule has 136 valence electrons. The number of hydrogen-bond acceptors (Lipinski definition) is 5. The van der Waals surface area contributed by atoms with Gasteiger partial charge in [0.2, 0.25) is 5.91 Å². The fourth-order valence-electron chi connectivity index (χ4n) is 3.88. The molecule has 1 aromatic heterocycles. The van der Waals surface area contributed by atoms with Crippen molar-refractivity contribution in [1.82, 2.24) is 15.0 Å². The van der Waals surface area contributed by atoms with Crippen LogP contribution in [-0.4, -0.2) is 53.5 Å². The Balaban J connectivity index is 1.40. The second-order valence-corrected chi connectivity index (χ2v) is 6.94. The fraction of sp³-hybridized carbons (Fsp3) is 0.421. The SMILES string of the molecule is COc1ccc(CN2C[C@H]3CN(C(=O)c4cnoc4C)C[C@H]3C2=O)cc1. The molecule has 26 heavy (non-hydrogen) atoms. The maximum Gasteiger partial charge on any atom is 0.259 e. The molecular formula is C19H21N3O4. The van der Waals surface area contributed by atoms with Crippen LogP contribution in [0.25, 0.3) is 0 Å². The van der Waals surface area contributed by atoms with E-state index in [4.69, 9.17) is 9.26 Å². The molecule has 2 atom stereocenters. The highest BCUT2D eigenvalue weighted by Crippen LogP contribution is 2.34. The number of amides is 2. The first-order valence-corrected chi connectivity index (χ1v) is 8.69. The van der Waals surface area contributed by atoms with Gasteiger partial charge in [0.05, 0.1) is 19.2 Å². The van der Waals surface area contributed by atoms with Crippen molar-refractivity contribution in [2.45, 2.75) is 13.5 Å².